The van der Waals surface area contributed by atoms with Crippen LogP contribution in [0.3, 0.4) is 0 Å². The molecule has 0 heterocycles. The molecule has 4 nitrogen and oxygen atoms in total. The van der Waals surface area contributed by atoms with E-state index in [9.17, 15) is 9.18 Å². The molecule has 0 spiro atoms. The van der Waals surface area contributed by atoms with Gasteiger partial charge in [-0.3, -0.25) is 4.79 Å². The zero-order chi connectivity index (χ0) is 13.7. The maximum atomic E-state index is 14.0. The molecule has 1 aromatic carbocycles. The summed E-state index contributed by atoms with van der Waals surface area (Å²) >= 11 is 3.13. The maximum absolute atomic E-state index is 14.0. The summed E-state index contributed by atoms with van der Waals surface area (Å²) in [5, 5.41) is 11.3. The first-order valence-electron chi connectivity index (χ1n) is 5.53. The van der Waals surface area contributed by atoms with Crippen molar-refractivity contribution in [3.8, 4) is 5.75 Å². The summed E-state index contributed by atoms with van der Waals surface area (Å²) in [4.78, 5) is 11.9. The van der Waals surface area contributed by atoms with Crippen molar-refractivity contribution in [2.75, 3.05) is 13.2 Å². The first-order chi connectivity index (χ1) is 8.51. The van der Waals surface area contributed by atoms with Crippen molar-refractivity contribution in [2.24, 2.45) is 0 Å². The zero-order valence-corrected chi connectivity index (χ0v) is 11.8. The monoisotopic (exact) mass is 319 g/mol. The minimum Gasteiger partial charge on any atom is -0.491 e. The zero-order valence-electron chi connectivity index (χ0n) is 10.2. The minimum atomic E-state index is -0.714. The number of amides is 1. The second kappa shape index (κ2) is 6.70. The molecule has 2 N–H and O–H groups in total. The molecular formula is C12H15BrFNO3. The molecule has 0 bridgehead atoms. The molecule has 0 saturated carbocycles. The predicted molar refractivity (Wildman–Crippen MR) is 69.3 cm³/mol. The average Bonchev–Trinajstić information content (AvgIpc) is 2.33. The van der Waals surface area contributed by atoms with Crippen molar-refractivity contribution < 1.29 is 19.0 Å². The Morgan fingerprint density at radius 1 is 1.61 bits per heavy atom. The van der Waals surface area contributed by atoms with E-state index in [1.54, 1.807) is 19.9 Å². The Morgan fingerprint density at radius 3 is 2.83 bits per heavy atom. The van der Waals surface area contributed by atoms with Crippen LogP contribution in [-0.2, 0) is 0 Å². The predicted octanol–water partition coefficient (Wildman–Crippen LogP) is 2.10. The highest BCUT2D eigenvalue weighted by molar-refractivity contribution is 9.10. The normalized spacial score (nSPS) is 12.1. The van der Waals surface area contributed by atoms with E-state index in [1.807, 2.05) is 0 Å². The molecule has 0 aliphatic rings. The van der Waals surface area contributed by atoms with Gasteiger partial charge in [-0.2, -0.15) is 0 Å². The largest absolute Gasteiger partial charge is 0.491 e. The van der Waals surface area contributed by atoms with Gasteiger partial charge in [0, 0.05) is 10.5 Å². The lowest BCUT2D eigenvalue weighted by Gasteiger charge is -2.14. The Labute approximate surface area is 113 Å². The molecule has 1 rings (SSSR count). The molecular weight excluding hydrogens is 305 g/mol. The first kappa shape index (κ1) is 14.9. The van der Waals surface area contributed by atoms with Gasteiger partial charge in [0.2, 0.25) is 0 Å². The van der Waals surface area contributed by atoms with Crippen LogP contribution in [-0.4, -0.2) is 30.3 Å². The van der Waals surface area contributed by atoms with Gasteiger partial charge in [0.1, 0.15) is 0 Å². The number of ether oxygens (including phenoxy) is 1. The lowest BCUT2D eigenvalue weighted by molar-refractivity contribution is 0.0916. The van der Waals surface area contributed by atoms with E-state index in [0.717, 1.165) is 0 Å². The highest BCUT2D eigenvalue weighted by Crippen LogP contribution is 2.27. The number of nitrogens with one attached hydrogen (secondary N) is 1. The van der Waals surface area contributed by atoms with E-state index < -0.39 is 17.8 Å². The van der Waals surface area contributed by atoms with Gasteiger partial charge in [-0.05, 0) is 41.9 Å². The Kier molecular flexibility index (Phi) is 5.55. The second-order valence-electron chi connectivity index (χ2n) is 3.72. The second-order valence-corrected chi connectivity index (χ2v) is 4.58. The van der Waals surface area contributed by atoms with Crippen molar-refractivity contribution in [1.82, 2.24) is 5.32 Å². The summed E-state index contributed by atoms with van der Waals surface area (Å²) in [6, 6.07) is 2.56. The van der Waals surface area contributed by atoms with Crippen LogP contribution in [0.25, 0.3) is 0 Å². The fourth-order valence-corrected chi connectivity index (χ4v) is 1.84. The third-order valence-electron chi connectivity index (χ3n) is 2.23. The van der Waals surface area contributed by atoms with Gasteiger partial charge < -0.3 is 15.2 Å². The van der Waals surface area contributed by atoms with Crippen molar-refractivity contribution in [2.45, 2.75) is 19.9 Å². The molecule has 0 aromatic heterocycles. The van der Waals surface area contributed by atoms with E-state index >= 15 is 0 Å². The molecule has 0 aliphatic heterocycles. The summed E-state index contributed by atoms with van der Waals surface area (Å²) in [5.74, 6) is -1.28. The van der Waals surface area contributed by atoms with Gasteiger partial charge in [-0.25, -0.2) is 4.39 Å². The molecule has 1 aromatic rings. The van der Waals surface area contributed by atoms with Gasteiger partial charge in [0.25, 0.3) is 5.91 Å². The van der Waals surface area contributed by atoms with Crippen molar-refractivity contribution in [1.29, 1.82) is 0 Å². The van der Waals surface area contributed by atoms with Crippen LogP contribution < -0.4 is 10.1 Å². The average molecular weight is 320 g/mol. The number of hydrogen-bond acceptors (Lipinski definition) is 3. The summed E-state index contributed by atoms with van der Waals surface area (Å²) in [5.41, 5.74) is -0.124. The fourth-order valence-electron chi connectivity index (χ4n) is 1.35. The summed E-state index contributed by atoms with van der Waals surface area (Å²) in [7, 11) is 0. The van der Waals surface area contributed by atoms with E-state index in [4.69, 9.17) is 9.84 Å². The quantitative estimate of drug-likeness (QED) is 0.873. The van der Waals surface area contributed by atoms with Gasteiger partial charge >= 0.3 is 0 Å². The highest BCUT2D eigenvalue weighted by atomic mass is 79.9. The lowest BCUT2D eigenvalue weighted by Crippen LogP contribution is -2.35. The molecule has 0 aliphatic carbocycles. The number of halogens is 2. The lowest BCUT2D eigenvalue weighted by atomic mass is 10.1. The van der Waals surface area contributed by atoms with Gasteiger partial charge in [0.15, 0.2) is 11.6 Å². The van der Waals surface area contributed by atoms with Crippen LogP contribution in [0.1, 0.15) is 24.2 Å². The topological polar surface area (TPSA) is 58.6 Å². The molecule has 1 atom stereocenters. The smallest absolute Gasteiger partial charge is 0.255 e. The number of aliphatic hydroxyl groups excluding tert-OH is 1. The summed E-state index contributed by atoms with van der Waals surface area (Å²) in [6.45, 7) is 3.45. The Bertz CT molecular complexity index is 440. The number of rotatable bonds is 5. The number of carbonyl (C=O) groups excluding carboxylic acids is 1. The first-order valence-corrected chi connectivity index (χ1v) is 6.33. The number of carbonyl (C=O) groups is 1. The highest BCUT2D eigenvalue weighted by Gasteiger charge is 2.20. The van der Waals surface area contributed by atoms with Crippen molar-refractivity contribution in [3.05, 3.63) is 28.0 Å². The van der Waals surface area contributed by atoms with Crippen LogP contribution in [0.2, 0.25) is 0 Å². The number of benzene rings is 1. The van der Waals surface area contributed by atoms with Gasteiger partial charge in [0.05, 0.1) is 18.8 Å². The van der Waals surface area contributed by atoms with Crippen molar-refractivity contribution in [3.63, 3.8) is 0 Å². The van der Waals surface area contributed by atoms with Crippen LogP contribution >= 0.6 is 15.9 Å². The molecule has 0 saturated heterocycles. The van der Waals surface area contributed by atoms with E-state index in [2.05, 4.69) is 21.2 Å². The molecule has 0 unspecified atom stereocenters. The number of aliphatic hydroxyl groups is 1. The molecule has 0 fully saturated rings. The fraction of sp³-hybridized carbons (Fsp3) is 0.417. The summed E-state index contributed by atoms with van der Waals surface area (Å²) in [6.07, 6.45) is 0. The van der Waals surface area contributed by atoms with Crippen LogP contribution in [0, 0.1) is 5.82 Å². The minimum absolute atomic E-state index is 0.0301. The Hall–Kier alpha value is -1.14. The van der Waals surface area contributed by atoms with E-state index in [1.165, 1.54) is 6.07 Å². The molecule has 18 heavy (non-hydrogen) atoms. The summed E-state index contributed by atoms with van der Waals surface area (Å²) < 4.78 is 19.5. The SMILES string of the molecule is CCOc1ccc(Br)c(C(=O)N[C@@H](C)CO)c1F. The van der Waals surface area contributed by atoms with Crippen LogP contribution in [0.4, 0.5) is 4.39 Å². The molecule has 1 amide bonds. The maximum Gasteiger partial charge on any atom is 0.255 e. The molecule has 6 heteroatoms. The molecule has 100 valence electrons. The van der Waals surface area contributed by atoms with E-state index in [0.29, 0.717) is 11.1 Å². The third kappa shape index (κ3) is 3.43. The van der Waals surface area contributed by atoms with E-state index in [-0.39, 0.29) is 17.9 Å². The Balaban J connectivity index is 3.06. The van der Waals surface area contributed by atoms with Crippen molar-refractivity contribution >= 4 is 21.8 Å². The van der Waals surface area contributed by atoms with Gasteiger partial charge in [-0.1, -0.05) is 0 Å². The van der Waals surface area contributed by atoms with Crippen LogP contribution in [0.15, 0.2) is 16.6 Å². The third-order valence-corrected chi connectivity index (χ3v) is 2.89. The number of hydrogen-bond donors (Lipinski definition) is 2. The Morgan fingerprint density at radius 2 is 2.28 bits per heavy atom. The van der Waals surface area contributed by atoms with Crippen LogP contribution in [0.5, 0.6) is 5.75 Å². The molecule has 0 radical (unpaired) electrons. The van der Waals surface area contributed by atoms with Gasteiger partial charge in [-0.15, -0.1) is 0 Å². The standard InChI is InChI=1S/C12H15BrFNO3/c1-3-18-9-5-4-8(13)10(11(9)14)12(17)15-7(2)6-16/h4-5,7,16H,3,6H2,1-2H3,(H,15,17)/t7-/m0/s1.